The Balaban J connectivity index is 0.000000310. The molecular weight excluding hydrogens is 272 g/mol. The summed E-state index contributed by atoms with van der Waals surface area (Å²) in [7, 11) is 0. The molecule has 0 aromatic carbocycles. The van der Waals surface area contributed by atoms with Crippen molar-refractivity contribution in [3.8, 4) is 11.8 Å². The lowest BCUT2D eigenvalue weighted by molar-refractivity contribution is -0.0465. The summed E-state index contributed by atoms with van der Waals surface area (Å²) in [5.74, 6) is 5.36. The first-order valence-electron chi connectivity index (χ1n) is 7.64. The van der Waals surface area contributed by atoms with Gasteiger partial charge in [-0.2, -0.15) is 0 Å². The van der Waals surface area contributed by atoms with Crippen LogP contribution in [0.3, 0.4) is 0 Å². The molecule has 0 radical (unpaired) electrons. The molecule has 2 unspecified atom stereocenters. The molecule has 2 rings (SSSR count). The second-order valence-corrected chi connectivity index (χ2v) is 4.92. The highest BCUT2D eigenvalue weighted by molar-refractivity contribution is 4.89. The molecule has 0 saturated carbocycles. The number of hydrogen-bond acceptors (Lipinski definition) is 5. The minimum atomic E-state index is -1.10. The van der Waals surface area contributed by atoms with Gasteiger partial charge in [-0.05, 0) is 26.7 Å². The summed E-state index contributed by atoms with van der Waals surface area (Å²) in [5.41, 5.74) is 0. The molecule has 0 aliphatic carbocycles. The molecule has 21 heavy (non-hydrogen) atoms. The predicted octanol–water partition coefficient (Wildman–Crippen LogP) is 1.71. The molecular formula is C16H30O5. The first-order chi connectivity index (χ1) is 10.1. The maximum Gasteiger partial charge on any atom is 0.151 e. The third-order valence-electron chi connectivity index (χ3n) is 2.73. The van der Waals surface area contributed by atoms with E-state index in [4.69, 9.17) is 24.4 Å². The van der Waals surface area contributed by atoms with Crippen LogP contribution >= 0.6 is 0 Å². The van der Waals surface area contributed by atoms with Crippen LogP contribution in [0.2, 0.25) is 0 Å². The zero-order valence-corrected chi connectivity index (χ0v) is 13.5. The van der Waals surface area contributed by atoms with Crippen molar-refractivity contribution in [1.29, 1.82) is 0 Å². The SMILES string of the molecule is C(OCC1CO1)C1CO1.CC#CC.CCCCCC(O)O. The van der Waals surface area contributed by atoms with Crippen molar-refractivity contribution in [2.24, 2.45) is 0 Å². The molecule has 2 atom stereocenters. The van der Waals surface area contributed by atoms with E-state index >= 15 is 0 Å². The number of aliphatic hydroxyl groups excluding tert-OH is 1. The van der Waals surface area contributed by atoms with Gasteiger partial charge >= 0.3 is 0 Å². The monoisotopic (exact) mass is 302 g/mol. The molecule has 0 bridgehead atoms. The minimum Gasteiger partial charge on any atom is -0.376 e. The van der Waals surface area contributed by atoms with Crippen molar-refractivity contribution in [2.75, 3.05) is 26.4 Å². The molecule has 2 aliphatic heterocycles. The Morgan fingerprint density at radius 2 is 1.52 bits per heavy atom. The fourth-order valence-electron chi connectivity index (χ4n) is 1.24. The summed E-state index contributed by atoms with van der Waals surface area (Å²) in [6, 6.07) is 0. The van der Waals surface area contributed by atoms with E-state index in [9.17, 15) is 0 Å². The van der Waals surface area contributed by atoms with Crippen LogP contribution in [0, 0.1) is 11.8 Å². The second-order valence-electron chi connectivity index (χ2n) is 4.92. The Morgan fingerprint density at radius 1 is 1.05 bits per heavy atom. The van der Waals surface area contributed by atoms with E-state index < -0.39 is 6.29 Å². The molecule has 2 N–H and O–H groups in total. The Kier molecular flexibility index (Phi) is 13.9. The third-order valence-corrected chi connectivity index (χ3v) is 2.73. The first-order valence-corrected chi connectivity index (χ1v) is 7.64. The molecule has 0 aromatic rings. The number of hydrogen-bond donors (Lipinski definition) is 2. The molecule has 2 saturated heterocycles. The molecule has 2 heterocycles. The summed E-state index contributed by atoms with van der Waals surface area (Å²) >= 11 is 0. The number of aliphatic hydroxyl groups is 2. The number of rotatable bonds is 8. The van der Waals surface area contributed by atoms with Gasteiger partial charge in [-0.15, -0.1) is 11.8 Å². The molecule has 124 valence electrons. The molecule has 0 aromatic heterocycles. The van der Waals surface area contributed by atoms with Gasteiger partial charge in [0.25, 0.3) is 0 Å². The van der Waals surface area contributed by atoms with Gasteiger partial charge < -0.3 is 24.4 Å². The normalized spacial score (nSPS) is 21.2. The van der Waals surface area contributed by atoms with Crippen LogP contribution in [-0.2, 0) is 14.2 Å². The van der Waals surface area contributed by atoms with E-state index in [1.54, 1.807) is 0 Å². The lowest BCUT2D eigenvalue weighted by atomic mass is 10.2. The average Bonchev–Trinajstić information content (AvgIpc) is 3.35. The Bertz CT molecular complexity index is 256. The van der Waals surface area contributed by atoms with Gasteiger partial charge in [0.15, 0.2) is 6.29 Å². The second kappa shape index (κ2) is 14.3. The zero-order chi connectivity index (χ0) is 15.9. The molecule has 2 fully saturated rings. The van der Waals surface area contributed by atoms with Crippen LogP contribution in [-0.4, -0.2) is 55.1 Å². The van der Waals surface area contributed by atoms with Crippen molar-refractivity contribution in [2.45, 2.75) is 65.0 Å². The van der Waals surface area contributed by atoms with Crippen LogP contribution in [0.15, 0.2) is 0 Å². The Morgan fingerprint density at radius 3 is 1.81 bits per heavy atom. The van der Waals surface area contributed by atoms with Crippen molar-refractivity contribution < 1.29 is 24.4 Å². The van der Waals surface area contributed by atoms with Gasteiger partial charge in [-0.25, -0.2) is 0 Å². The zero-order valence-electron chi connectivity index (χ0n) is 13.5. The number of epoxide rings is 2. The Labute approximate surface area is 128 Å². The molecule has 5 heteroatoms. The van der Waals surface area contributed by atoms with Crippen molar-refractivity contribution in [3.05, 3.63) is 0 Å². The van der Waals surface area contributed by atoms with E-state index in [0.29, 0.717) is 18.6 Å². The van der Waals surface area contributed by atoms with Gasteiger partial charge in [0.1, 0.15) is 12.2 Å². The van der Waals surface area contributed by atoms with Crippen LogP contribution in [0.1, 0.15) is 46.5 Å². The van der Waals surface area contributed by atoms with Gasteiger partial charge in [-0.1, -0.05) is 19.8 Å². The molecule has 5 nitrogen and oxygen atoms in total. The van der Waals surface area contributed by atoms with Crippen molar-refractivity contribution >= 4 is 0 Å². The van der Waals surface area contributed by atoms with Crippen molar-refractivity contribution in [3.63, 3.8) is 0 Å². The highest BCUT2D eigenvalue weighted by Gasteiger charge is 2.26. The van der Waals surface area contributed by atoms with Crippen LogP contribution in [0.4, 0.5) is 0 Å². The maximum atomic E-state index is 8.33. The fourth-order valence-corrected chi connectivity index (χ4v) is 1.24. The summed E-state index contributed by atoms with van der Waals surface area (Å²) in [6.45, 7) is 8.99. The summed E-state index contributed by atoms with van der Waals surface area (Å²) < 4.78 is 15.1. The van der Waals surface area contributed by atoms with E-state index in [0.717, 1.165) is 45.7 Å². The average molecular weight is 302 g/mol. The van der Waals surface area contributed by atoms with E-state index in [1.165, 1.54) is 0 Å². The number of ether oxygens (including phenoxy) is 3. The van der Waals surface area contributed by atoms with Gasteiger partial charge in [0.05, 0.1) is 26.4 Å². The van der Waals surface area contributed by atoms with Crippen LogP contribution in [0.25, 0.3) is 0 Å². The largest absolute Gasteiger partial charge is 0.376 e. The topological polar surface area (TPSA) is 74.8 Å². The van der Waals surface area contributed by atoms with Gasteiger partial charge in [0.2, 0.25) is 0 Å². The van der Waals surface area contributed by atoms with Gasteiger partial charge in [0, 0.05) is 0 Å². The quantitative estimate of drug-likeness (QED) is 0.309. The smallest absolute Gasteiger partial charge is 0.151 e. The minimum absolute atomic E-state index is 0.392. The lowest BCUT2D eigenvalue weighted by Crippen LogP contribution is -2.06. The lowest BCUT2D eigenvalue weighted by Gasteiger charge is -1.99. The summed E-state index contributed by atoms with van der Waals surface area (Å²) in [6.07, 6.45) is 3.36. The Hall–Kier alpha value is -0.640. The van der Waals surface area contributed by atoms with E-state index in [2.05, 4.69) is 18.8 Å². The fraction of sp³-hybridized carbons (Fsp3) is 0.875. The predicted molar refractivity (Wildman–Crippen MR) is 81.8 cm³/mol. The summed E-state index contributed by atoms with van der Waals surface area (Å²) in [4.78, 5) is 0. The standard InChI is InChI=1S/C6H10O3.C6H14O2.C4H6/c1(5-3-8-5)7-2-6-4-9-6;1-2-3-4-5-6(7)8;1-3-4-2/h5-6H,1-4H2;6-8H,2-5H2,1H3;1-2H3. The summed E-state index contributed by atoms with van der Waals surface area (Å²) in [5, 5.41) is 16.7. The highest BCUT2D eigenvalue weighted by atomic mass is 16.6. The molecule has 0 spiro atoms. The highest BCUT2D eigenvalue weighted by Crippen LogP contribution is 2.12. The first kappa shape index (κ1) is 20.4. The maximum absolute atomic E-state index is 8.33. The third kappa shape index (κ3) is 19.4. The van der Waals surface area contributed by atoms with E-state index in [1.807, 2.05) is 13.8 Å². The molecule has 0 amide bonds. The van der Waals surface area contributed by atoms with Crippen LogP contribution < -0.4 is 0 Å². The van der Waals surface area contributed by atoms with Gasteiger partial charge in [-0.3, -0.25) is 0 Å². The van der Waals surface area contributed by atoms with E-state index in [-0.39, 0.29) is 0 Å². The number of unbranched alkanes of at least 4 members (excludes halogenated alkanes) is 2. The molecule has 2 aliphatic rings. The van der Waals surface area contributed by atoms with Crippen LogP contribution in [0.5, 0.6) is 0 Å². The van der Waals surface area contributed by atoms with Crippen molar-refractivity contribution in [1.82, 2.24) is 0 Å².